The highest BCUT2D eigenvalue weighted by molar-refractivity contribution is 7.10. The van der Waals surface area contributed by atoms with Gasteiger partial charge in [0.15, 0.2) is 0 Å². The van der Waals surface area contributed by atoms with Gasteiger partial charge in [0.1, 0.15) is 18.9 Å². The van der Waals surface area contributed by atoms with Gasteiger partial charge in [0.2, 0.25) is 5.91 Å². The van der Waals surface area contributed by atoms with Crippen LogP contribution < -0.4 is 10.1 Å². The van der Waals surface area contributed by atoms with Crippen LogP contribution in [0, 0.1) is 13.8 Å². The van der Waals surface area contributed by atoms with Crippen molar-refractivity contribution in [2.75, 3.05) is 39.4 Å². The van der Waals surface area contributed by atoms with E-state index in [-0.39, 0.29) is 30.6 Å². The van der Waals surface area contributed by atoms with Crippen LogP contribution in [0.4, 0.5) is 4.79 Å². The van der Waals surface area contributed by atoms with E-state index in [4.69, 9.17) is 9.47 Å². The first-order valence-corrected chi connectivity index (χ1v) is 13.5. The number of hydrogen-bond donors (Lipinski definition) is 1. The summed E-state index contributed by atoms with van der Waals surface area (Å²) < 4.78 is 12.0. The molecule has 0 spiro atoms. The Morgan fingerprint density at radius 1 is 1.29 bits per heavy atom. The quantitative estimate of drug-likeness (QED) is 0.553. The van der Waals surface area contributed by atoms with Gasteiger partial charge >= 0.3 is 6.03 Å². The number of thiophene rings is 1. The first-order valence-electron chi connectivity index (χ1n) is 12.7. The maximum Gasteiger partial charge on any atom is 0.317 e. The van der Waals surface area contributed by atoms with E-state index in [0.29, 0.717) is 32.8 Å². The standard InChI is InChI=1S/C27H37N3O4S/c1-4-11-28-27(32)29(16-21-6-5-13-33-21)17-26(31)30-12-9-25-22(10-14-35-25)23(30)18-34-24-8-7-19(2)15-20(24)3/h7-8,10,14-15,21,23H,4-6,9,11-13,16-18H2,1-3H3,(H,28,32)/t21-,23-/m1/s1. The molecule has 7 nitrogen and oxygen atoms in total. The predicted octanol–water partition coefficient (Wildman–Crippen LogP) is 4.47. The average molecular weight is 500 g/mol. The van der Waals surface area contributed by atoms with Gasteiger partial charge < -0.3 is 24.6 Å². The molecule has 2 aliphatic rings. The predicted molar refractivity (Wildman–Crippen MR) is 138 cm³/mol. The van der Waals surface area contributed by atoms with Gasteiger partial charge in [-0.15, -0.1) is 11.3 Å². The molecule has 1 N–H and O–H groups in total. The van der Waals surface area contributed by atoms with E-state index in [2.05, 4.69) is 29.8 Å². The second-order valence-corrected chi connectivity index (χ2v) is 10.5. The third-order valence-electron chi connectivity index (χ3n) is 6.73. The molecule has 4 rings (SSSR count). The topological polar surface area (TPSA) is 71.1 Å². The first kappa shape index (κ1) is 25.5. The number of carbonyl (C=O) groups excluding carboxylic acids is 2. The highest BCUT2D eigenvalue weighted by Crippen LogP contribution is 2.34. The number of ether oxygens (including phenoxy) is 2. The van der Waals surface area contributed by atoms with Gasteiger partial charge in [0.05, 0.1) is 12.1 Å². The summed E-state index contributed by atoms with van der Waals surface area (Å²) in [5.74, 6) is 0.782. The van der Waals surface area contributed by atoms with Crippen molar-refractivity contribution < 1.29 is 19.1 Å². The number of hydrogen-bond acceptors (Lipinski definition) is 5. The molecule has 0 aliphatic carbocycles. The van der Waals surface area contributed by atoms with Crippen LogP contribution in [0.25, 0.3) is 0 Å². The van der Waals surface area contributed by atoms with E-state index < -0.39 is 0 Å². The molecule has 1 aromatic carbocycles. The van der Waals surface area contributed by atoms with E-state index in [0.717, 1.165) is 42.6 Å². The molecule has 1 fully saturated rings. The zero-order valence-electron chi connectivity index (χ0n) is 21.0. The lowest BCUT2D eigenvalue weighted by atomic mass is 10.00. The Bertz CT molecular complexity index is 1020. The minimum atomic E-state index is -0.202. The maximum absolute atomic E-state index is 13.6. The molecule has 2 aromatic rings. The van der Waals surface area contributed by atoms with Gasteiger partial charge in [0, 0.05) is 31.1 Å². The normalized spacial score (nSPS) is 19.3. The van der Waals surface area contributed by atoms with Crippen molar-refractivity contribution in [1.29, 1.82) is 0 Å². The van der Waals surface area contributed by atoms with Crippen LogP contribution in [0.2, 0.25) is 0 Å². The number of benzene rings is 1. The molecule has 3 heterocycles. The summed E-state index contributed by atoms with van der Waals surface area (Å²) in [6.45, 7) is 8.90. The minimum absolute atomic E-state index is 0.0105. The third-order valence-corrected chi connectivity index (χ3v) is 7.73. The van der Waals surface area contributed by atoms with Crippen LogP contribution >= 0.6 is 11.3 Å². The van der Waals surface area contributed by atoms with Gasteiger partial charge in [-0.1, -0.05) is 24.6 Å². The lowest BCUT2D eigenvalue weighted by Crippen LogP contribution is -2.51. The Labute approximate surface area is 212 Å². The Kier molecular flexibility index (Phi) is 8.68. The highest BCUT2D eigenvalue weighted by Gasteiger charge is 2.34. The van der Waals surface area contributed by atoms with Crippen molar-refractivity contribution in [2.24, 2.45) is 0 Å². The summed E-state index contributed by atoms with van der Waals surface area (Å²) >= 11 is 1.73. The van der Waals surface area contributed by atoms with Gasteiger partial charge in [-0.2, -0.15) is 0 Å². The molecule has 0 bridgehead atoms. The molecule has 190 valence electrons. The lowest BCUT2D eigenvalue weighted by molar-refractivity contribution is -0.135. The van der Waals surface area contributed by atoms with Gasteiger partial charge in [0.25, 0.3) is 0 Å². The molecule has 3 amide bonds. The molecule has 1 aromatic heterocycles. The molecule has 0 unspecified atom stereocenters. The fourth-order valence-corrected chi connectivity index (χ4v) is 5.78. The summed E-state index contributed by atoms with van der Waals surface area (Å²) in [5.41, 5.74) is 3.43. The molecule has 35 heavy (non-hydrogen) atoms. The zero-order chi connectivity index (χ0) is 24.8. The van der Waals surface area contributed by atoms with Crippen LogP contribution in [0.15, 0.2) is 29.6 Å². The SMILES string of the molecule is CCCNC(=O)N(CC(=O)N1CCc2sccc2[C@H]1COc1ccc(C)cc1C)C[C@H]1CCCO1. The Morgan fingerprint density at radius 2 is 2.14 bits per heavy atom. The van der Waals surface area contributed by atoms with Crippen molar-refractivity contribution in [2.45, 2.75) is 58.6 Å². The number of aryl methyl sites for hydroxylation is 2. The summed E-state index contributed by atoms with van der Waals surface area (Å²) in [6, 6.07) is 7.87. The molecular formula is C27H37N3O4S. The van der Waals surface area contributed by atoms with Crippen LogP contribution in [0.3, 0.4) is 0 Å². The molecule has 0 saturated carbocycles. The summed E-state index contributed by atoms with van der Waals surface area (Å²) in [7, 11) is 0. The summed E-state index contributed by atoms with van der Waals surface area (Å²) in [6.07, 6.45) is 3.57. The number of nitrogens with one attached hydrogen (secondary N) is 1. The molecular weight excluding hydrogens is 462 g/mol. The monoisotopic (exact) mass is 499 g/mol. The smallest absolute Gasteiger partial charge is 0.317 e. The average Bonchev–Trinajstić information content (AvgIpc) is 3.53. The fraction of sp³-hybridized carbons (Fsp3) is 0.556. The number of carbonyl (C=O) groups is 2. The van der Waals surface area contributed by atoms with E-state index in [1.54, 1.807) is 16.2 Å². The minimum Gasteiger partial charge on any atom is -0.491 e. The second-order valence-electron chi connectivity index (χ2n) is 9.48. The Balaban J connectivity index is 1.49. The number of fused-ring (bicyclic) bond motifs is 1. The zero-order valence-corrected chi connectivity index (χ0v) is 21.9. The summed E-state index contributed by atoms with van der Waals surface area (Å²) in [4.78, 5) is 31.4. The summed E-state index contributed by atoms with van der Waals surface area (Å²) in [5, 5.41) is 5.02. The van der Waals surface area contributed by atoms with E-state index >= 15 is 0 Å². The maximum atomic E-state index is 13.6. The van der Waals surface area contributed by atoms with Crippen LogP contribution in [-0.2, 0) is 16.0 Å². The van der Waals surface area contributed by atoms with Crippen molar-refractivity contribution in [3.8, 4) is 5.75 Å². The lowest BCUT2D eigenvalue weighted by Gasteiger charge is -2.37. The number of nitrogens with zero attached hydrogens (tertiary/aromatic N) is 2. The van der Waals surface area contributed by atoms with E-state index in [9.17, 15) is 9.59 Å². The van der Waals surface area contributed by atoms with Crippen LogP contribution in [0.1, 0.15) is 53.8 Å². The van der Waals surface area contributed by atoms with Crippen LogP contribution in [-0.4, -0.2) is 67.2 Å². The molecule has 2 atom stereocenters. The number of amides is 3. The van der Waals surface area contributed by atoms with Crippen molar-refractivity contribution in [3.05, 3.63) is 51.2 Å². The Hall–Kier alpha value is -2.58. The molecule has 0 radical (unpaired) electrons. The molecule has 2 aliphatic heterocycles. The van der Waals surface area contributed by atoms with E-state index in [1.807, 2.05) is 30.9 Å². The molecule has 1 saturated heterocycles. The van der Waals surface area contributed by atoms with Crippen molar-refractivity contribution >= 4 is 23.3 Å². The van der Waals surface area contributed by atoms with Crippen LogP contribution in [0.5, 0.6) is 5.75 Å². The molecule has 8 heteroatoms. The first-order chi connectivity index (χ1) is 17.0. The van der Waals surface area contributed by atoms with Crippen molar-refractivity contribution in [3.63, 3.8) is 0 Å². The van der Waals surface area contributed by atoms with Gasteiger partial charge in [-0.3, -0.25) is 4.79 Å². The second kappa shape index (κ2) is 11.9. The van der Waals surface area contributed by atoms with Gasteiger partial charge in [-0.05, 0) is 68.2 Å². The Morgan fingerprint density at radius 3 is 2.89 bits per heavy atom. The van der Waals surface area contributed by atoms with E-state index in [1.165, 1.54) is 10.4 Å². The number of rotatable bonds is 9. The third kappa shape index (κ3) is 6.35. The van der Waals surface area contributed by atoms with Gasteiger partial charge in [-0.25, -0.2) is 4.79 Å². The largest absolute Gasteiger partial charge is 0.491 e. The van der Waals surface area contributed by atoms with Crippen molar-refractivity contribution in [1.82, 2.24) is 15.1 Å². The highest BCUT2D eigenvalue weighted by atomic mass is 32.1. The fourth-order valence-electron chi connectivity index (χ4n) is 4.86. The number of urea groups is 1.